The van der Waals surface area contributed by atoms with Gasteiger partial charge in [-0.15, -0.1) is 0 Å². The molecule has 0 radical (unpaired) electrons. The molecular formula is C22H32F3N3O6. The number of hydrogen-bond donors (Lipinski definition) is 1. The molecule has 0 bridgehead atoms. The Kier molecular flexibility index (Phi) is 10.1. The van der Waals surface area contributed by atoms with E-state index in [0.29, 0.717) is 18.4 Å². The highest BCUT2D eigenvalue weighted by Crippen LogP contribution is 2.39. The molecule has 2 fully saturated rings. The Balaban J connectivity index is 0.000000509. The van der Waals surface area contributed by atoms with Crippen LogP contribution in [0.1, 0.15) is 24.8 Å². The Labute approximate surface area is 196 Å². The maximum absolute atomic E-state index is 11.5. The minimum atomic E-state index is -5.08. The SMILES string of the molecule is COc1ncccc1CN1CC2(CC(CCOCC(=O)N(C)C)CCO2)C1.O=C(O)C(F)(F)F. The fraction of sp³-hybridized carbons (Fsp3) is 0.682. The molecule has 1 amide bonds. The van der Waals surface area contributed by atoms with Crippen LogP contribution in [0.4, 0.5) is 13.2 Å². The van der Waals surface area contributed by atoms with E-state index in [2.05, 4.69) is 16.0 Å². The summed E-state index contributed by atoms with van der Waals surface area (Å²) in [6, 6.07) is 4.01. The van der Waals surface area contributed by atoms with E-state index in [9.17, 15) is 18.0 Å². The molecule has 12 heteroatoms. The number of carboxylic acid groups (broad SMARTS) is 1. The van der Waals surface area contributed by atoms with Gasteiger partial charge in [0.15, 0.2) is 0 Å². The average Bonchev–Trinajstić information content (AvgIpc) is 2.76. The standard InChI is InChI=1S/C20H31N3O4.C2HF3O2/c1-22(2)18(24)13-26-9-6-16-7-10-27-20(11-16)14-23(15-20)12-17-5-4-8-21-19(17)25-3;3-2(4,5)1(6)7/h4-5,8,16H,6-7,9-15H2,1-3H3;(H,6,7). The van der Waals surface area contributed by atoms with Gasteiger partial charge in [-0.05, 0) is 31.2 Å². The molecule has 34 heavy (non-hydrogen) atoms. The molecule has 1 aromatic heterocycles. The number of ether oxygens (including phenoxy) is 3. The lowest BCUT2D eigenvalue weighted by atomic mass is 9.79. The van der Waals surface area contributed by atoms with E-state index in [4.69, 9.17) is 24.1 Å². The quantitative estimate of drug-likeness (QED) is 0.553. The molecule has 1 N–H and O–H groups in total. The second-order valence-electron chi connectivity index (χ2n) is 8.64. The minimum absolute atomic E-state index is 0.0129. The Morgan fingerprint density at radius 2 is 2.03 bits per heavy atom. The van der Waals surface area contributed by atoms with Crippen molar-refractivity contribution in [3.8, 4) is 5.88 Å². The molecule has 1 atom stereocenters. The van der Waals surface area contributed by atoms with E-state index in [-0.39, 0.29) is 18.1 Å². The first-order chi connectivity index (χ1) is 16.0. The zero-order valence-electron chi connectivity index (χ0n) is 19.6. The van der Waals surface area contributed by atoms with Gasteiger partial charge in [-0.3, -0.25) is 9.69 Å². The zero-order chi connectivity index (χ0) is 25.4. The lowest BCUT2D eigenvalue weighted by molar-refractivity contribution is -0.192. The highest BCUT2D eigenvalue weighted by atomic mass is 19.4. The van der Waals surface area contributed by atoms with E-state index in [1.54, 1.807) is 32.3 Å². The van der Waals surface area contributed by atoms with Crippen LogP contribution in [0.15, 0.2) is 18.3 Å². The smallest absolute Gasteiger partial charge is 0.481 e. The summed E-state index contributed by atoms with van der Waals surface area (Å²) >= 11 is 0. The maximum atomic E-state index is 11.5. The van der Waals surface area contributed by atoms with Gasteiger partial charge in [0, 0.05) is 58.7 Å². The van der Waals surface area contributed by atoms with Crippen molar-refractivity contribution in [1.82, 2.24) is 14.8 Å². The first-order valence-corrected chi connectivity index (χ1v) is 10.9. The van der Waals surface area contributed by atoms with Gasteiger partial charge in [0.25, 0.3) is 0 Å². The van der Waals surface area contributed by atoms with Gasteiger partial charge < -0.3 is 24.2 Å². The van der Waals surface area contributed by atoms with Crippen LogP contribution in [0.5, 0.6) is 5.88 Å². The highest BCUT2D eigenvalue weighted by molar-refractivity contribution is 5.76. The van der Waals surface area contributed by atoms with Crippen LogP contribution >= 0.6 is 0 Å². The summed E-state index contributed by atoms with van der Waals surface area (Å²) in [5, 5.41) is 7.12. The van der Waals surface area contributed by atoms with Crippen molar-refractivity contribution in [1.29, 1.82) is 0 Å². The minimum Gasteiger partial charge on any atom is -0.481 e. The van der Waals surface area contributed by atoms with Crippen LogP contribution in [0, 0.1) is 5.92 Å². The number of amides is 1. The molecule has 9 nitrogen and oxygen atoms in total. The number of carbonyl (C=O) groups excluding carboxylic acids is 1. The monoisotopic (exact) mass is 491 g/mol. The van der Waals surface area contributed by atoms with Gasteiger partial charge in [-0.2, -0.15) is 13.2 Å². The third-order valence-corrected chi connectivity index (χ3v) is 5.69. The lowest BCUT2D eigenvalue weighted by Crippen LogP contribution is -2.64. The molecule has 0 saturated carbocycles. The highest BCUT2D eigenvalue weighted by Gasteiger charge is 2.47. The Bertz CT molecular complexity index is 815. The predicted molar refractivity (Wildman–Crippen MR) is 115 cm³/mol. The van der Waals surface area contributed by atoms with Gasteiger partial charge in [-0.25, -0.2) is 9.78 Å². The lowest BCUT2D eigenvalue weighted by Gasteiger charge is -2.53. The molecule has 1 unspecified atom stereocenters. The Morgan fingerprint density at radius 1 is 1.35 bits per heavy atom. The van der Waals surface area contributed by atoms with Crippen molar-refractivity contribution in [3.05, 3.63) is 23.9 Å². The average molecular weight is 492 g/mol. The molecule has 2 aliphatic rings. The molecule has 0 aliphatic carbocycles. The van der Waals surface area contributed by atoms with Crippen molar-refractivity contribution in [2.45, 2.75) is 37.6 Å². The van der Waals surface area contributed by atoms with Crippen molar-refractivity contribution in [2.75, 3.05) is 54.1 Å². The van der Waals surface area contributed by atoms with E-state index in [1.807, 2.05) is 6.07 Å². The summed E-state index contributed by atoms with van der Waals surface area (Å²) in [6.07, 6.45) is -0.201. The second kappa shape index (κ2) is 12.3. The molecule has 2 aliphatic heterocycles. The summed E-state index contributed by atoms with van der Waals surface area (Å²) < 4.78 is 48.8. The number of aliphatic carboxylic acids is 1. The van der Waals surface area contributed by atoms with E-state index in [0.717, 1.165) is 51.1 Å². The number of rotatable bonds is 8. The number of likely N-dealkylation sites (tertiary alicyclic amines) is 1. The number of carboxylic acids is 1. The maximum Gasteiger partial charge on any atom is 0.490 e. The number of methoxy groups -OCH3 is 1. The number of aromatic nitrogens is 1. The van der Waals surface area contributed by atoms with Crippen LogP contribution < -0.4 is 4.74 Å². The van der Waals surface area contributed by atoms with E-state index >= 15 is 0 Å². The number of pyridine rings is 1. The third-order valence-electron chi connectivity index (χ3n) is 5.69. The summed E-state index contributed by atoms with van der Waals surface area (Å²) in [7, 11) is 5.15. The summed E-state index contributed by atoms with van der Waals surface area (Å²) in [6.45, 7) is 4.34. The molecule has 0 aromatic carbocycles. The molecule has 192 valence electrons. The molecule has 1 aromatic rings. The number of alkyl halides is 3. The fourth-order valence-electron chi connectivity index (χ4n) is 3.98. The van der Waals surface area contributed by atoms with Gasteiger partial charge in [-0.1, -0.05) is 6.07 Å². The Morgan fingerprint density at radius 3 is 2.62 bits per heavy atom. The summed E-state index contributed by atoms with van der Waals surface area (Å²) in [5.74, 6) is -1.44. The van der Waals surface area contributed by atoms with Gasteiger partial charge in [0.2, 0.25) is 11.8 Å². The first kappa shape index (κ1) is 27.8. The van der Waals surface area contributed by atoms with Crippen molar-refractivity contribution in [2.24, 2.45) is 5.92 Å². The van der Waals surface area contributed by atoms with Crippen LogP contribution in [-0.4, -0.2) is 97.7 Å². The number of nitrogens with zero attached hydrogens (tertiary/aromatic N) is 3. The third kappa shape index (κ3) is 8.41. The number of carbonyl (C=O) groups is 2. The number of halogens is 3. The van der Waals surface area contributed by atoms with Crippen LogP contribution in [0.2, 0.25) is 0 Å². The number of hydrogen-bond acceptors (Lipinski definition) is 7. The van der Waals surface area contributed by atoms with E-state index in [1.165, 1.54) is 0 Å². The van der Waals surface area contributed by atoms with E-state index < -0.39 is 12.1 Å². The summed E-state index contributed by atoms with van der Waals surface area (Å²) in [5.41, 5.74) is 1.10. The topological polar surface area (TPSA) is 101 Å². The van der Waals surface area contributed by atoms with Crippen molar-refractivity contribution < 1.29 is 42.1 Å². The molecule has 1 spiro atoms. The molecule has 3 rings (SSSR count). The van der Waals surface area contributed by atoms with Crippen LogP contribution in [0.3, 0.4) is 0 Å². The normalized spacial score (nSPS) is 19.5. The van der Waals surface area contributed by atoms with Gasteiger partial charge in [0.1, 0.15) is 6.61 Å². The fourth-order valence-corrected chi connectivity index (χ4v) is 3.98. The number of likely N-dealkylation sites (N-methyl/N-ethyl adjacent to an activating group) is 1. The van der Waals surface area contributed by atoms with Crippen molar-refractivity contribution in [3.63, 3.8) is 0 Å². The van der Waals surface area contributed by atoms with Gasteiger partial charge >= 0.3 is 12.1 Å². The first-order valence-electron chi connectivity index (χ1n) is 10.9. The molecule has 2 saturated heterocycles. The second-order valence-corrected chi connectivity index (χ2v) is 8.64. The Hall–Kier alpha value is -2.44. The van der Waals surface area contributed by atoms with Crippen LogP contribution in [0.25, 0.3) is 0 Å². The largest absolute Gasteiger partial charge is 0.490 e. The van der Waals surface area contributed by atoms with Gasteiger partial charge in [0.05, 0.1) is 12.7 Å². The van der Waals surface area contributed by atoms with Crippen molar-refractivity contribution >= 4 is 11.9 Å². The summed E-state index contributed by atoms with van der Waals surface area (Å²) in [4.78, 5) is 28.7. The molecule has 3 heterocycles. The molecular weight excluding hydrogens is 459 g/mol. The van der Waals surface area contributed by atoms with Crippen LogP contribution in [-0.2, 0) is 25.6 Å². The zero-order valence-corrected chi connectivity index (χ0v) is 19.6. The predicted octanol–water partition coefficient (Wildman–Crippen LogP) is 2.20.